The fourth-order valence-electron chi connectivity index (χ4n) is 5.67. The Morgan fingerprint density at radius 2 is 1.69 bits per heavy atom. The summed E-state index contributed by atoms with van der Waals surface area (Å²) >= 11 is 1.62. The van der Waals surface area contributed by atoms with Crippen LogP contribution >= 0.6 is 11.8 Å². The standard InChI is InChI=1S/C34H41N3O7S/c1-20(38)36-25-13-11-21-17-30(42-3)32(43-4)33(44-5)31(21)23-12-14-26(28(39)18-24(23)25)37-27(15-16-45-6)34(40)35-19-22-9-7-8-10-29(22)41-2/h7-10,12,14,17-18,25,27H,11,13,15-16,19H2,1-6H3,(H,35,40)(H,36,38)(H,37,39)/t25-,27-/m0/s1. The van der Waals surface area contributed by atoms with Crippen LogP contribution in [0, 0.1) is 0 Å². The number of hydrogen-bond donors (Lipinski definition) is 3. The third-order valence-electron chi connectivity index (χ3n) is 7.82. The minimum atomic E-state index is -0.667. The lowest BCUT2D eigenvalue weighted by atomic mass is 9.95. The van der Waals surface area contributed by atoms with Crippen molar-refractivity contribution in [3.8, 4) is 34.1 Å². The van der Waals surface area contributed by atoms with Gasteiger partial charge >= 0.3 is 0 Å². The van der Waals surface area contributed by atoms with Crippen molar-refractivity contribution in [2.24, 2.45) is 0 Å². The summed E-state index contributed by atoms with van der Waals surface area (Å²) in [7, 11) is 6.26. The molecule has 240 valence electrons. The van der Waals surface area contributed by atoms with Gasteiger partial charge in [0, 0.05) is 24.6 Å². The molecule has 0 saturated heterocycles. The lowest BCUT2D eigenvalue weighted by Gasteiger charge is -2.19. The molecule has 0 heterocycles. The number of nitrogens with one attached hydrogen (secondary N) is 3. The molecule has 3 aromatic rings. The third kappa shape index (κ3) is 7.65. The average Bonchev–Trinajstić information content (AvgIpc) is 3.28. The Labute approximate surface area is 268 Å². The highest BCUT2D eigenvalue weighted by Gasteiger charge is 2.30. The minimum absolute atomic E-state index is 0.208. The molecule has 1 aliphatic rings. The third-order valence-corrected chi connectivity index (χ3v) is 8.46. The molecule has 0 radical (unpaired) electrons. The second-order valence-corrected chi connectivity index (χ2v) is 11.6. The lowest BCUT2D eigenvalue weighted by molar-refractivity contribution is -0.122. The van der Waals surface area contributed by atoms with Crippen LogP contribution in [0.4, 0.5) is 5.69 Å². The monoisotopic (exact) mass is 635 g/mol. The molecular weight excluding hydrogens is 594 g/mol. The van der Waals surface area contributed by atoms with Crippen LogP contribution in [0.2, 0.25) is 0 Å². The van der Waals surface area contributed by atoms with Gasteiger partial charge in [-0.3, -0.25) is 14.4 Å². The van der Waals surface area contributed by atoms with Crippen molar-refractivity contribution >= 4 is 29.3 Å². The maximum absolute atomic E-state index is 13.8. The van der Waals surface area contributed by atoms with E-state index in [9.17, 15) is 14.4 Å². The summed E-state index contributed by atoms with van der Waals surface area (Å²) in [4.78, 5) is 39.5. The van der Waals surface area contributed by atoms with E-state index in [0.29, 0.717) is 59.1 Å². The molecule has 0 spiro atoms. The summed E-state index contributed by atoms with van der Waals surface area (Å²) in [5, 5.41) is 9.23. The number of hydrogen-bond acceptors (Lipinski definition) is 9. The first kappa shape index (κ1) is 33.5. The molecule has 2 amide bonds. The van der Waals surface area contributed by atoms with Gasteiger partial charge in [0.15, 0.2) is 11.5 Å². The number of para-hydroxylation sites is 1. The van der Waals surface area contributed by atoms with Crippen molar-refractivity contribution in [2.75, 3.05) is 45.8 Å². The normalized spacial score (nSPS) is 14.1. The Bertz CT molecular complexity index is 1600. The molecule has 2 atom stereocenters. The van der Waals surface area contributed by atoms with Crippen LogP contribution in [0.15, 0.2) is 53.3 Å². The predicted molar refractivity (Wildman–Crippen MR) is 178 cm³/mol. The van der Waals surface area contributed by atoms with Crippen LogP contribution in [0.1, 0.15) is 42.5 Å². The summed E-state index contributed by atoms with van der Waals surface area (Å²) < 4.78 is 22.6. The van der Waals surface area contributed by atoms with E-state index in [4.69, 9.17) is 18.9 Å². The number of rotatable bonds is 13. The average molecular weight is 636 g/mol. The first-order valence-electron chi connectivity index (χ1n) is 14.7. The number of carbonyl (C=O) groups is 2. The van der Waals surface area contributed by atoms with Crippen molar-refractivity contribution in [3.63, 3.8) is 0 Å². The topological polar surface area (TPSA) is 124 Å². The number of ether oxygens (including phenoxy) is 4. The molecule has 1 aliphatic carbocycles. The zero-order valence-corrected chi connectivity index (χ0v) is 27.4. The molecular formula is C34H41N3O7S. The number of benzene rings is 2. The molecule has 10 nitrogen and oxygen atoms in total. The maximum atomic E-state index is 13.8. The van der Waals surface area contributed by atoms with Crippen molar-refractivity contribution < 1.29 is 28.5 Å². The van der Waals surface area contributed by atoms with Gasteiger partial charge in [0.05, 0.1) is 40.2 Å². The number of fused-ring (bicyclic) bond motifs is 3. The summed E-state index contributed by atoms with van der Waals surface area (Å²) in [6.07, 6.45) is 3.61. The molecule has 0 aromatic heterocycles. The summed E-state index contributed by atoms with van der Waals surface area (Å²) in [6, 6.07) is 13.4. The van der Waals surface area contributed by atoms with Gasteiger partial charge in [0.1, 0.15) is 11.8 Å². The Hall–Kier alpha value is -4.38. The predicted octanol–water partition coefficient (Wildman–Crippen LogP) is 4.72. The van der Waals surface area contributed by atoms with Crippen LogP contribution < -0.4 is 40.3 Å². The highest BCUT2D eigenvalue weighted by Crippen LogP contribution is 2.50. The number of thioether (sulfide) groups is 1. The molecule has 0 fully saturated rings. The SMILES string of the molecule is COc1ccccc1CNC(=O)[C@H](CCSC)Nc1ccc2c(cc1=O)[C@@H](NC(C)=O)CCc1cc(OC)c(OC)c(OC)c1-2. The van der Waals surface area contributed by atoms with Gasteiger partial charge in [-0.2, -0.15) is 11.8 Å². The molecule has 0 bridgehead atoms. The van der Waals surface area contributed by atoms with Crippen LogP contribution in [0.5, 0.6) is 23.0 Å². The Morgan fingerprint density at radius 3 is 2.36 bits per heavy atom. The van der Waals surface area contributed by atoms with Crippen molar-refractivity contribution in [3.05, 3.63) is 75.4 Å². The molecule has 4 rings (SSSR count). The van der Waals surface area contributed by atoms with E-state index in [1.54, 1.807) is 52.3 Å². The van der Waals surface area contributed by atoms with Crippen molar-refractivity contribution in [2.45, 2.75) is 44.8 Å². The maximum Gasteiger partial charge on any atom is 0.242 e. The van der Waals surface area contributed by atoms with Crippen LogP contribution in [-0.4, -0.2) is 58.3 Å². The molecule has 0 aliphatic heterocycles. The van der Waals surface area contributed by atoms with E-state index < -0.39 is 12.1 Å². The zero-order valence-electron chi connectivity index (χ0n) is 26.6. The first-order valence-corrected chi connectivity index (χ1v) is 16.1. The zero-order chi connectivity index (χ0) is 32.5. The highest BCUT2D eigenvalue weighted by atomic mass is 32.2. The Balaban J connectivity index is 1.78. The van der Waals surface area contributed by atoms with Gasteiger partial charge in [0.2, 0.25) is 23.0 Å². The smallest absolute Gasteiger partial charge is 0.242 e. The molecule has 0 saturated carbocycles. The van der Waals surface area contributed by atoms with E-state index in [-0.39, 0.29) is 29.5 Å². The van der Waals surface area contributed by atoms with Gasteiger partial charge in [-0.05, 0) is 72.2 Å². The quantitative estimate of drug-likeness (QED) is 0.245. The minimum Gasteiger partial charge on any atom is -0.496 e. The first-order chi connectivity index (χ1) is 21.8. The Kier molecular flexibility index (Phi) is 11.6. The largest absolute Gasteiger partial charge is 0.496 e. The van der Waals surface area contributed by atoms with Gasteiger partial charge < -0.3 is 34.9 Å². The summed E-state index contributed by atoms with van der Waals surface area (Å²) in [5.74, 6) is 2.37. The highest BCUT2D eigenvalue weighted by molar-refractivity contribution is 7.98. The van der Waals surface area contributed by atoms with E-state index in [2.05, 4.69) is 16.0 Å². The van der Waals surface area contributed by atoms with Gasteiger partial charge in [-0.1, -0.05) is 24.3 Å². The summed E-state index contributed by atoms with van der Waals surface area (Å²) in [5.41, 5.74) is 3.86. The fourth-order valence-corrected chi connectivity index (χ4v) is 6.15. The number of carbonyl (C=O) groups excluding carboxylic acids is 2. The number of anilines is 1. The molecule has 3 N–H and O–H groups in total. The van der Waals surface area contributed by atoms with Gasteiger partial charge in [0.25, 0.3) is 0 Å². The van der Waals surface area contributed by atoms with E-state index >= 15 is 0 Å². The van der Waals surface area contributed by atoms with Crippen molar-refractivity contribution in [1.82, 2.24) is 10.6 Å². The van der Waals surface area contributed by atoms with Crippen LogP contribution in [0.3, 0.4) is 0 Å². The molecule has 0 unspecified atom stereocenters. The lowest BCUT2D eigenvalue weighted by Crippen LogP contribution is -2.40. The number of amides is 2. The van der Waals surface area contributed by atoms with Crippen LogP contribution in [0.25, 0.3) is 11.1 Å². The number of aryl methyl sites for hydroxylation is 1. The molecule has 11 heteroatoms. The number of methoxy groups -OCH3 is 4. The van der Waals surface area contributed by atoms with Gasteiger partial charge in [-0.15, -0.1) is 0 Å². The molecule has 45 heavy (non-hydrogen) atoms. The van der Waals surface area contributed by atoms with Crippen molar-refractivity contribution in [1.29, 1.82) is 0 Å². The Morgan fingerprint density at radius 1 is 0.956 bits per heavy atom. The summed E-state index contributed by atoms with van der Waals surface area (Å²) in [6.45, 7) is 1.74. The second kappa shape index (κ2) is 15.6. The van der Waals surface area contributed by atoms with E-state index in [1.807, 2.05) is 42.7 Å². The second-order valence-electron chi connectivity index (χ2n) is 10.6. The molecule has 3 aromatic carbocycles. The van der Waals surface area contributed by atoms with E-state index in [0.717, 1.165) is 16.7 Å². The van der Waals surface area contributed by atoms with Gasteiger partial charge in [-0.25, -0.2) is 0 Å². The fraction of sp³-hybridized carbons (Fsp3) is 0.382. The van der Waals surface area contributed by atoms with E-state index in [1.165, 1.54) is 6.92 Å². The van der Waals surface area contributed by atoms with Crippen LogP contribution in [-0.2, 0) is 22.6 Å².